The summed E-state index contributed by atoms with van der Waals surface area (Å²) in [5, 5.41) is 1.32. The van der Waals surface area contributed by atoms with Crippen LogP contribution in [-0.4, -0.2) is 24.5 Å². The highest BCUT2D eigenvalue weighted by Gasteiger charge is 2.23. The van der Waals surface area contributed by atoms with Gasteiger partial charge in [-0.25, -0.2) is 0 Å². The highest BCUT2D eigenvalue weighted by molar-refractivity contribution is 6.42. The van der Waals surface area contributed by atoms with Crippen molar-refractivity contribution in [2.75, 3.05) is 19.6 Å². The Balaban J connectivity index is 2.05. The van der Waals surface area contributed by atoms with Crippen LogP contribution in [0.2, 0.25) is 10.0 Å². The molecule has 0 saturated carbocycles. The second-order valence-electron chi connectivity index (χ2n) is 4.46. The first kappa shape index (κ1) is 12.2. The van der Waals surface area contributed by atoms with Crippen LogP contribution in [0.25, 0.3) is 0 Å². The maximum Gasteiger partial charge on any atom is 0.0595 e. The van der Waals surface area contributed by atoms with Crippen LogP contribution in [0.15, 0.2) is 18.2 Å². The molecule has 0 spiro atoms. The topological polar surface area (TPSA) is 3.24 Å². The molecule has 0 amide bonds. The molecular formula is C13H17Cl2N. The van der Waals surface area contributed by atoms with Gasteiger partial charge in [0.05, 0.1) is 10.0 Å². The van der Waals surface area contributed by atoms with E-state index in [1.807, 2.05) is 12.1 Å². The number of likely N-dealkylation sites (tertiary alicyclic amines) is 1. The summed E-state index contributed by atoms with van der Waals surface area (Å²) >= 11 is 12.0. The Kier molecular flexibility index (Phi) is 4.12. The van der Waals surface area contributed by atoms with E-state index < -0.39 is 0 Å². The van der Waals surface area contributed by atoms with Gasteiger partial charge in [0, 0.05) is 6.54 Å². The molecule has 0 aromatic heterocycles. The summed E-state index contributed by atoms with van der Waals surface area (Å²) in [6.45, 7) is 5.80. The molecule has 1 heterocycles. The molecule has 1 nitrogen and oxygen atoms in total. The van der Waals surface area contributed by atoms with E-state index in [1.54, 1.807) is 0 Å². The molecule has 2 rings (SSSR count). The highest BCUT2D eigenvalue weighted by atomic mass is 35.5. The molecule has 1 unspecified atom stereocenters. The van der Waals surface area contributed by atoms with Gasteiger partial charge in [-0.05, 0) is 49.5 Å². The fourth-order valence-corrected chi connectivity index (χ4v) is 2.70. The monoisotopic (exact) mass is 257 g/mol. The Morgan fingerprint density at radius 3 is 2.81 bits per heavy atom. The molecule has 1 aliphatic heterocycles. The molecule has 0 radical (unpaired) electrons. The van der Waals surface area contributed by atoms with Crippen LogP contribution < -0.4 is 0 Å². The van der Waals surface area contributed by atoms with E-state index >= 15 is 0 Å². The van der Waals surface area contributed by atoms with Crippen LogP contribution >= 0.6 is 23.2 Å². The van der Waals surface area contributed by atoms with E-state index in [1.165, 1.54) is 31.5 Å². The first-order chi connectivity index (χ1) is 7.70. The van der Waals surface area contributed by atoms with E-state index in [-0.39, 0.29) is 0 Å². The van der Waals surface area contributed by atoms with Crippen molar-refractivity contribution in [1.29, 1.82) is 0 Å². The molecule has 16 heavy (non-hydrogen) atoms. The summed E-state index contributed by atoms with van der Waals surface area (Å²) in [6.07, 6.45) is 2.46. The smallest absolute Gasteiger partial charge is 0.0595 e. The van der Waals surface area contributed by atoms with Crippen molar-refractivity contribution in [1.82, 2.24) is 4.90 Å². The molecule has 1 fully saturated rings. The number of hydrogen-bond acceptors (Lipinski definition) is 1. The van der Waals surface area contributed by atoms with E-state index in [4.69, 9.17) is 23.2 Å². The lowest BCUT2D eigenvalue weighted by atomic mass is 9.99. The van der Waals surface area contributed by atoms with Crippen molar-refractivity contribution in [2.24, 2.45) is 0 Å². The molecule has 0 aliphatic carbocycles. The third-order valence-corrected chi connectivity index (χ3v) is 3.97. The zero-order valence-corrected chi connectivity index (χ0v) is 11.1. The Labute approximate surface area is 107 Å². The molecule has 3 heteroatoms. The minimum atomic E-state index is 0.626. The van der Waals surface area contributed by atoms with Crippen LogP contribution in [0.1, 0.15) is 31.2 Å². The quantitative estimate of drug-likeness (QED) is 0.785. The van der Waals surface area contributed by atoms with Crippen LogP contribution in [0, 0.1) is 0 Å². The predicted molar refractivity (Wildman–Crippen MR) is 70.6 cm³/mol. The zero-order chi connectivity index (χ0) is 11.5. The SMILES string of the molecule is CCCN1CCC(c2ccc(Cl)c(Cl)c2)C1. The second kappa shape index (κ2) is 5.39. The standard InChI is InChI=1S/C13H17Cl2N/c1-2-6-16-7-5-11(9-16)10-3-4-12(14)13(15)8-10/h3-4,8,11H,2,5-7,9H2,1H3. The molecule has 1 atom stereocenters. The van der Waals surface area contributed by atoms with Gasteiger partial charge in [0.2, 0.25) is 0 Å². The Bertz CT molecular complexity index is 365. The minimum absolute atomic E-state index is 0.626. The van der Waals surface area contributed by atoms with Crippen molar-refractivity contribution in [3.8, 4) is 0 Å². The van der Waals surface area contributed by atoms with E-state index in [9.17, 15) is 0 Å². The number of hydrogen-bond donors (Lipinski definition) is 0. The van der Waals surface area contributed by atoms with Crippen LogP contribution in [-0.2, 0) is 0 Å². The molecular weight excluding hydrogens is 241 g/mol. The zero-order valence-electron chi connectivity index (χ0n) is 9.55. The van der Waals surface area contributed by atoms with E-state index in [0.717, 1.165) is 6.54 Å². The molecule has 1 aromatic carbocycles. The Morgan fingerprint density at radius 1 is 1.31 bits per heavy atom. The predicted octanol–water partition coefficient (Wildman–Crippen LogP) is 4.19. The molecule has 0 N–H and O–H groups in total. The number of rotatable bonds is 3. The van der Waals surface area contributed by atoms with Gasteiger partial charge < -0.3 is 4.90 Å². The summed E-state index contributed by atoms with van der Waals surface area (Å²) in [5.41, 5.74) is 1.33. The summed E-state index contributed by atoms with van der Waals surface area (Å²) in [6, 6.07) is 6.03. The first-order valence-corrected chi connectivity index (χ1v) is 6.63. The van der Waals surface area contributed by atoms with Crippen molar-refractivity contribution in [3.05, 3.63) is 33.8 Å². The fourth-order valence-electron chi connectivity index (χ4n) is 2.39. The lowest BCUT2D eigenvalue weighted by molar-refractivity contribution is 0.335. The van der Waals surface area contributed by atoms with Gasteiger partial charge in [0.1, 0.15) is 0 Å². The summed E-state index contributed by atoms with van der Waals surface area (Å²) in [5.74, 6) is 0.626. The highest BCUT2D eigenvalue weighted by Crippen LogP contribution is 2.31. The third kappa shape index (κ3) is 2.71. The second-order valence-corrected chi connectivity index (χ2v) is 5.27. The van der Waals surface area contributed by atoms with Gasteiger partial charge in [-0.15, -0.1) is 0 Å². The third-order valence-electron chi connectivity index (χ3n) is 3.23. The maximum absolute atomic E-state index is 6.04. The van der Waals surface area contributed by atoms with Crippen LogP contribution in [0.3, 0.4) is 0 Å². The van der Waals surface area contributed by atoms with Crippen molar-refractivity contribution in [3.63, 3.8) is 0 Å². The average Bonchev–Trinajstić information content (AvgIpc) is 2.71. The minimum Gasteiger partial charge on any atom is -0.303 e. The fraction of sp³-hybridized carbons (Fsp3) is 0.538. The van der Waals surface area contributed by atoms with Gasteiger partial charge in [-0.2, -0.15) is 0 Å². The normalized spacial score (nSPS) is 21.6. The summed E-state index contributed by atoms with van der Waals surface area (Å²) in [7, 11) is 0. The summed E-state index contributed by atoms with van der Waals surface area (Å²) in [4.78, 5) is 2.52. The van der Waals surface area contributed by atoms with E-state index in [0.29, 0.717) is 16.0 Å². The summed E-state index contributed by atoms with van der Waals surface area (Å²) < 4.78 is 0. The van der Waals surface area contributed by atoms with Crippen LogP contribution in [0.4, 0.5) is 0 Å². The Hall–Kier alpha value is -0.240. The first-order valence-electron chi connectivity index (χ1n) is 5.88. The lowest BCUT2D eigenvalue weighted by Gasteiger charge is -2.15. The van der Waals surface area contributed by atoms with Crippen molar-refractivity contribution >= 4 is 23.2 Å². The van der Waals surface area contributed by atoms with E-state index in [2.05, 4.69) is 17.9 Å². The molecule has 1 aliphatic rings. The van der Waals surface area contributed by atoms with Gasteiger partial charge >= 0.3 is 0 Å². The molecule has 88 valence electrons. The van der Waals surface area contributed by atoms with Crippen LogP contribution in [0.5, 0.6) is 0 Å². The maximum atomic E-state index is 6.04. The van der Waals surface area contributed by atoms with Gasteiger partial charge in [-0.3, -0.25) is 0 Å². The number of halogens is 2. The van der Waals surface area contributed by atoms with Gasteiger partial charge in [0.25, 0.3) is 0 Å². The molecule has 0 bridgehead atoms. The van der Waals surface area contributed by atoms with Gasteiger partial charge in [-0.1, -0.05) is 36.2 Å². The lowest BCUT2D eigenvalue weighted by Crippen LogP contribution is -2.20. The van der Waals surface area contributed by atoms with Crippen molar-refractivity contribution < 1.29 is 0 Å². The van der Waals surface area contributed by atoms with Crippen molar-refractivity contribution in [2.45, 2.75) is 25.7 Å². The Morgan fingerprint density at radius 2 is 2.12 bits per heavy atom. The number of benzene rings is 1. The van der Waals surface area contributed by atoms with Gasteiger partial charge in [0.15, 0.2) is 0 Å². The largest absolute Gasteiger partial charge is 0.303 e. The molecule has 1 saturated heterocycles. The molecule has 1 aromatic rings. The average molecular weight is 258 g/mol. The number of nitrogens with zero attached hydrogens (tertiary/aromatic N) is 1.